The van der Waals surface area contributed by atoms with Gasteiger partial charge in [0.1, 0.15) is 0 Å². The fraction of sp³-hybridized carbons (Fsp3) is 0.231. The lowest BCUT2D eigenvalue weighted by Gasteiger charge is -2.10. The number of hydrogen-bond donors (Lipinski definition) is 2. The fourth-order valence-electron chi connectivity index (χ4n) is 1.49. The monoisotopic (exact) mass is 265 g/mol. The summed E-state index contributed by atoms with van der Waals surface area (Å²) >= 11 is 0. The molecule has 2 amide bonds. The number of alkyl carbamates (subject to hydrolysis) is 1. The molecule has 0 saturated carbocycles. The molecule has 0 radical (unpaired) electrons. The molecule has 102 valence electrons. The first kappa shape index (κ1) is 14.7. The summed E-state index contributed by atoms with van der Waals surface area (Å²) in [6, 6.07) is 6.76. The molecule has 0 aliphatic rings. The van der Waals surface area contributed by atoms with Gasteiger partial charge in [-0.15, -0.1) is 0 Å². The quantitative estimate of drug-likeness (QED) is 0.628. The van der Waals surface area contributed by atoms with Gasteiger partial charge in [-0.3, -0.25) is 10.1 Å². The lowest BCUT2D eigenvalue weighted by Crippen LogP contribution is -2.31. The zero-order valence-corrected chi connectivity index (χ0v) is 10.7. The number of amides is 2. The first-order chi connectivity index (χ1) is 9.13. The van der Waals surface area contributed by atoms with Crippen molar-refractivity contribution in [2.24, 2.45) is 0 Å². The highest BCUT2D eigenvalue weighted by Gasteiger charge is 2.18. The van der Waals surface area contributed by atoms with Crippen LogP contribution in [0.25, 0.3) is 5.57 Å². The second-order valence-corrected chi connectivity index (χ2v) is 3.53. The van der Waals surface area contributed by atoms with Gasteiger partial charge in [0.05, 0.1) is 32.7 Å². The van der Waals surface area contributed by atoms with Crippen LogP contribution in [0.2, 0.25) is 0 Å². The van der Waals surface area contributed by atoms with E-state index in [9.17, 15) is 14.7 Å². The number of carbonyl (C=O) groups excluding carboxylic acids is 2. The number of methoxy groups -OCH3 is 2. The SMILES string of the molecule is CO/C=C(/C(=O)NC(=O)OC)c1ccccc1CO. The lowest BCUT2D eigenvalue weighted by molar-refractivity contribution is -0.115. The number of rotatable bonds is 4. The van der Waals surface area contributed by atoms with Gasteiger partial charge in [0.25, 0.3) is 5.91 Å². The van der Waals surface area contributed by atoms with E-state index in [2.05, 4.69) is 4.74 Å². The Labute approximate surface area is 110 Å². The predicted octanol–water partition coefficient (Wildman–Crippen LogP) is 1.05. The highest BCUT2D eigenvalue weighted by Crippen LogP contribution is 2.19. The van der Waals surface area contributed by atoms with Gasteiger partial charge in [0.2, 0.25) is 0 Å². The summed E-state index contributed by atoms with van der Waals surface area (Å²) in [5.74, 6) is -0.672. The van der Waals surface area contributed by atoms with Crippen molar-refractivity contribution in [1.29, 1.82) is 0 Å². The smallest absolute Gasteiger partial charge is 0.413 e. The summed E-state index contributed by atoms with van der Waals surface area (Å²) in [6.45, 7) is -0.233. The van der Waals surface area contributed by atoms with Gasteiger partial charge in [0.15, 0.2) is 0 Å². The van der Waals surface area contributed by atoms with E-state index in [1.165, 1.54) is 13.4 Å². The number of aliphatic hydroxyl groups excluding tert-OH is 1. The molecule has 0 unspecified atom stereocenters. The lowest BCUT2D eigenvalue weighted by atomic mass is 10.0. The summed E-state index contributed by atoms with van der Waals surface area (Å²) in [4.78, 5) is 23.0. The molecule has 0 spiro atoms. The van der Waals surface area contributed by atoms with Crippen molar-refractivity contribution in [3.63, 3.8) is 0 Å². The Hall–Kier alpha value is -2.34. The molecule has 0 atom stereocenters. The third kappa shape index (κ3) is 3.82. The van der Waals surface area contributed by atoms with Crippen LogP contribution >= 0.6 is 0 Å². The molecule has 0 aliphatic heterocycles. The summed E-state index contributed by atoms with van der Waals surface area (Å²) in [7, 11) is 2.54. The third-order valence-electron chi connectivity index (χ3n) is 2.36. The maximum Gasteiger partial charge on any atom is 0.413 e. The number of hydrogen-bond acceptors (Lipinski definition) is 5. The normalized spacial score (nSPS) is 10.8. The third-order valence-corrected chi connectivity index (χ3v) is 2.36. The van der Waals surface area contributed by atoms with Crippen molar-refractivity contribution in [1.82, 2.24) is 5.32 Å². The van der Waals surface area contributed by atoms with Gasteiger partial charge in [0, 0.05) is 0 Å². The average molecular weight is 265 g/mol. The van der Waals surface area contributed by atoms with Crippen molar-refractivity contribution in [2.45, 2.75) is 6.61 Å². The molecule has 0 heterocycles. The summed E-state index contributed by atoms with van der Waals surface area (Å²) in [5, 5.41) is 11.3. The minimum Gasteiger partial charge on any atom is -0.504 e. The van der Waals surface area contributed by atoms with Crippen molar-refractivity contribution >= 4 is 17.6 Å². The van der Waals surface area contributed by atoms with E-state index in [4.69, 9.17) is 4.74 Å². The Morgan fingerprint density at radius 3 is 2.58 bits per heavy atom. The predicted molar refractivity (Wildman–Crippen MR) is 67.9 cm³/mol. The summed E-state index contributed by atoms with van der Waals surface area (Å²) in [6.07, 6.45) is 0.334. The Morgan fingerprint density at radius 2 is 2.00 bits per heavy atom. The van der Waals surface area contributed by atoms with Crippen LogP contribution in [-0.4, -0.2) is 31.3 Å². The van der Waals surface area contributed by atoms with E-state index in [1.807, 2.05) is 5.32 Å². The molecule has 6 heteroatoms. The maximum atomic E-state index is 11.9. The topological polar surface area (TPSA) is 84.9 Å². The second-order valence-electron chi connectivity index (χ2n) is 3.53. The van der Waals surface area contributed by atoms with Crippen LogP contribution in [0.15, 0.2) is 30.5 Å². The molecular weight excluding hydrogens is 250 g/mol. The minimum absolute atomic E-state index is 0.123. The van der Waals surface area contributed by atoms with E-state index >= 15 is 0 Å². The molecule has 1 aromatic carbocycles. The van der Waals surface area contributed by atoms with Crippen LogP contribution in [0.5, 0.6) is 0 Å². The fourth-order valence-corrected chi connectivity index (χ4v) is 1.49. The Kier molecular flexibility index (Phi) is 5.56. The number of nitrogens with one attached hydrogen (secondary N) is 1. The Bertz CT molecular complexity index is 496. The van der Waals surface area contributed by atoms with E-state index in [0.717, 1.165) is 7.11 Å². The van der Waals surface area contributed by atoms with Gasteiger partial charge >= 0.3 is 6.09 Å². The van der Waals surface area contributed by atoms with Gasteiger partial charge in [-0.2, -0.15) is 0 Å². The zero-order valence-electron chi connectivity index (χ0n) is 10.7. The van der Waals surface area contributed by atoms with Gasteiger partial charge in [-0.05, 0) is 11.1 Å². The largest absolute Gasteiger partial charge is 0.504 e. The molecule has 1 rings (SSSR count). The molecule has 0 saturated heterocycles. The second kappa shape index (κ2) is 7.17. The highest BCUT2D eigenvalue weighted by atomic mass is 16.5. The van der Waals surface area contributed by atoms with E-state index in [-0.39, 0.29) is 12.2 Å². The van der Waals surface area contributed by atoms with Gasteiger partial charge in [-0.1, -0.05) is 24.3 Å². The van der Waals surface area contributed by atoms with Crippen LogP contribution in [0.3, 0.4) is 0 Å². The first-order valence-corrected chi connectivity index (χ1v) is 5.45. The van der Waals surface area contributed by atoms with Crippen LogP contribution in [0, 0.1) is 0 Å². The molecular formula is C13H15NO5. The van der Waals surface area contributed by atoms with E-state index in [0.29, 0.717) is 11.1 Å². The number of imide groups is 1. The molecule has 2 N–H and O–H groups in total. The molecule has 1 aromatic rings. The number of benzene rings is 1. The van der Waals surface area contributed by atoms with Crippen LogP contribution in [0.4, 0.5) is 4.79 Å². The van der Waals surface area contributed by atoms with E-state index < -0.39 is 12.0 Å². The molecule has 19 heavy (non-hydrogen) atoms. The molecule has 0 aliphatic carbocycles. The van der Waals surface area contributed by atoms with Crippen LogP contribution < -0.4 is 5.32 Å². The van der Waals surface area contributed by atoms with Crippen molar-refractivity contribution < 1.29 is 24.2 Å². The number of ether oxygens (including phenoxy) is 2. The maximum absolute atomic E-state index is 11.9. The first-order valence-electron chi connectivity index (χ1n) is 5.45. The Morgan fingerprint density at radius 1 is 1.32 bits per heavy atom. The van der Waals surface area contributed by atoms with E-state index in [1.54, 1.807) is 24.3 Å². The standard InChI is InChI=1S/C13H15NO5/c1-18-8-11(12(16)14-13(17)19-2)10-6-4-3-5-9(10)7-15/h3-6,8,15H,7H2,1-2H3,(H,14,16,17)/b11-8+. The molecule has 6 nitrogen and oxygen atoms in total. The van der Waals surface area contributed by atoms with Crippen molar-refractivity contribution in [3.05, 3.63) is 41.7 Å². The van der Waals surface area contributed by atoms with Gasteiger partial charge in [-0.25, -0.2) is 4.79 Å². The molecule has 0 aromatic heterocycles. The number of aliphatic hydroxyl groups is 1. The van der Waals surface area contributed by atoms with Crippen molar-refractivity contribution in [3.8, 4) is 0 Å². The minimum atomic E-state index is -0.867. The Balaban J connectivity index is 3.11. The molecule has 0 bridgehead atoms. The molecule has 0 fully saturated rings. The highest BCUT2D eigenvalue weighted by molar-refractivity contribution is 6.23. The van der Waals surface area contributed by atoms with Gasteiger partial charge < -0.3 is 14.6 Å². The number of carbonyl (C=O) groups is 2. The average Bonchev–Trinajstić information content (AvgIpc) is 2.44. The van der Waals surface area contributed by atoms with Crippen molar-refractivity contribution in [2.75, 3.05) is 14.2 Å². The van der Waals surface area contributed by atoms with Crippen LogP contribution in [-0.2, 0) is 20.9 Å². The zero-order chi connectivity index (χ0) is 14.3. The summed E-state index contributed by atoms with van der Waals surface area (Å²) < 4.78 is 9.19. The summed E-state index contributed by atoms with van der Waals surface area (Å²) in [5.41, 5.74) is 1.15. The van der Waals surface area contributed by atoms with Crippen LogP contribution in [0.1, 0.15) is 11.1 Å².